The van der Waals surface area contributed by atoms with Crippen LogP contribution in [0.4, 0.5) is 11.5 Å². The van der Waals surface area contributed by atoms with Crippen molar-refractivity contribution < 1.29 is 4.79 Å². The minimum Gasteiger partial charge on any atom is -0.373 e. The molecular formula is C23H26N6O. The SMILES string of the molecule is CNc1cc(-c2cnnc(-c3cc(NC(=O)CC4CCCC4)cnc3C)c2)ccn1. The minimum absolute atomic E-state index is 0.0507. The van der Waals surface area contributed by atoms with Gasteiger partial charge in [0.05, 0.1) is 23.8 Å². The van der Waals surface area contributed by atoms with Crippen LogP contribution in [0.5, 0.6) is 0 Å². The Hall–Kier alpha value is -3.35. The quantitative estimate of drug-likeness (QED) is 0.632. The van der Waals surface area contributed by atoms with Crippen molar-refractivity contribution >= 4 is 17.4 Å². The molecule has 3 aromatic heterocycles. The minimum atomic E-state index is 0.0507. The molecule has 0 saturated heterocycles. The van der Waals surface area contributed by atoms with Crippen molar-refractivity contribution in [3.63, 3.8) is 0 Å². The third kappa shape index (κ3) is 4.62. The van der Waals surface area contributed by atoms with Gasteiger partial charge in [-0.25, -0.2) is 4.98 Å². The molecule has 0 spiro atoms. The summed E-state index contributed by atoms with van der Waals surface area (Å²) >= 11 is 0. The van der Waals surface area contributed by atoms with Gasteiger partial charge in [-0.2, -0.15) is 10.2 Å². The standard InChI is InChI=1S/C23H26N6O/c1-15-20(12-19(14-26-15)28-23(30)9-16-5-3-4-6-16)21-10-18(13-27-29-21)17-7-8-25-22(11-17)24-2/h7-8,10-14,16H,3-6,9H2,1-2H3,(H,24,25)(H,28,30). The molecule has 1 amide bonds. The first-order valence-electron chi connectivity index (χ1n) is 10.4. The molecule has 0 aliphatic heterocycles. The molecule has 4 rings (SSSR count). The second-order valence-corrected chi connectivity index (χ2v) is 7.77. The lowest BCUT2D eigenvalue weighted by atomic mass is 10.0. The molecule has 7 heteroatoms. The molecule has 30 heavy (non-hydrogen) atoms. The van der Waals surface area contributed by atoms with Crippen LogP contribution < -0.4 is 10.6 Å². The predicted octanol–water partition coefficient (Wildman–Crippen LogP) is 4.47. The first-order valence-corrected chi connectivity index (χ1v) is 10.4. The summed E-state index contributed by atoms with van der Waals surface area (Å²) in [6.07, 6.45) is 10.5. The summed E-state index contributed by atoms with van der Waals surface area (Å²) in [7, 11) is 1.84. The topological polar surface area (TPSA) is 92.7 Å². The second-order valence-electron chi connectivity index (χ2n) is 7.77. The number of aryl methyl sites for hydroxylation is 1. The largest absolute Gasteiger partial charge is 0.373 e. The van der Waals surface area contributed by atoms with Crippen molar-refractivity contribution in [1.82, 2.24) is 20.2 Å². The Kier molecular flexibility index (Phi) is 5.97. The molecule has 1 fully saturated rings. The van der Waals surface area contributed by atoms with Crippen LogP contribution in [0, 0.1) is 12.8 Å². The van der Waals surface area contributed by atoms with Crippen LogP contribution in [0.15, 0.2) is 42.9 Å². The van der Waals surface area contributed by atoms with Gasteiger partial charge in [-0.05, 0) is 55.5 Å². The maximum absolute atomic E-state index is 12.4. The number of nitrogens with zero attached hydrogens (tertiary/aromatic N) is 4. The van der Waals surface area contributed by atoms with E-state index in [0.29, 0.717) is 23.7 Å². The molecule has 3 aromatic rings. The van der Waals surface area contributed by atoms with Crippen LogP contribution >= 0.6 is 0 Å². The molecule has 154 valence electrons. The molecule has 7 nitrogen and oxygen atoms in total. The van der Waals surface area contributed by atoms with E-state index in [1.807, 2.05) is 38.2 Å². The highest BCUT2D eigenvalue weighted by atomic mass is 16.1. The van der Waals surface area contributed by atoms with Crippen LogP contribution in [-0.2, 0) is 4.79 Å². The zero-order valence-electron chi connectivity index (χ0n) is 17.4. The van der Waals surface area contributed by atoms with Gasteiger partial charge in [-0.1, -0.05) is 12.8 Å². The number of aromatic nitrogens is 4. The zero-order valence-corrected chi connectivity index (χ0v) is 17.4. The summed E-state index contributed by atoms with van der Waals surface area (Å²) in [5.74, 6) is 1.35. The summed E-state index contributed by atoms with van der Waals surface area (Å²) < 4.78 is 0. The van der Waals surface area contributed by atoms with Crippen molar-refractivity contribution in [3.05, 3.63) is 48.5 Å². The van der Waals surface area contributed by atoms with Crippen LogP contribution in [-0.4, -0.2) is 33.1 Å². The van der Waals surface area contributed by atoms with Gasteiger partial charge in [0.1, 0.15) is 5.82 Å². The number of hydrogen-bond acceptors (Lipinski definition) is 6. The number of carbonyl (C=O) groups is 1. The summed E-state index contributed by atoms with van der Waals surface area (Å²) in [5.41, 5.74) is 5.03. The third-order valence-corrected chi connectivity index (χ3v) is 5.60. The van der Waals surface area contributed by atoms with Crippen LogP contribution in [0.1, 0.15) is 37.8 Å². The lowest BCUT2D eigenvalue weighted by Gasteiger charge is -2.12. The lowest BCUT2D eigenvalue weighted by Crippen LogP contribution is -2.15. The van der Waals surface area contributed by atoms with Crippen LogP contribution in [0.3, 0.4) is 0 Å². The number of rotatable bonds is 6. The first-order chi connectivity index (χ1) is 14.6. The van der Waals surface area contributed by atoms with Gasteiger partial charge in [-0.3, -0.25) is 9.78 Å². The van der Waals surface area contributed by atoms with Gasteiger partial charge < -0.3 is 10.6 Å². The number of pyridine rings is 2. The van der Waals surface area contributed by atoms with E-state index >= 15 is 0 Å². The van der Waals surface area contributed by atoms with E-state index in [2.05, 4.69) is 30.8 Å². The number of carbonyl (C=O) groups excluding carboxylic acids is 1. The summed E-state index contributed by atoms with van der Waals surface area (Å²) in [5, 5.41) is 14.5. The van der Waals surface area contributed by atoms with Crippen molar-refractivity contribution in [3.8, 4) is 22.4 Å². The van der Waals surface area contributed by atoms with E-state index in [4.69, 9.17) is 0 Å². The number of hydrogen-bond donors (Lipinski definition) is 2. The van der Waals surface area contributed by atoms with E-state index in [9.17, 15) is 4.79 Å². The van der Waals surface area contributed by atoms with Gasteiger partial charge in [0, 0.05) is 36.5 Å². The highest BCUT2D eigenvalue weighted by Gasteiger charge is 2.19. The van der Waals surface area contributed by atoms with Crippen LogP contribution in [0.25, 0.3) is 22.4 Å². The maximum atomic E-state index is 12.4. The summed E-state index contributed by atoms with van der Waals surface area (Å²) in [6, 6.07) is 7.81. The van der Waals surface area contributed by atoms with Crippen LogP contribution in [0.2, 0.25) is 0 Å². The highest BCUT2D eigenvalue weighted by Crippen LogP contribution is 2.29. The zero-order chi connectivity index (χ0) is 20.9. The number of amides is 1. The fourth-order valence-electron chi connectivity index (χ4n) is 3.95. The average Bonchev–Trinajstić information content (AvgIpc) is 3.28. The number of nitrogens with one attached hydrogen (secondary N) is 2. The van der Waals surface area contributed by atoms with Gasteiger partial charge in [-0.15, -0.1) is 0 Å². The van der Waals surface area contributed by atoms with Crippen molar-refractivity contribution in [2.75, 3.05) is 17.7 Å². The molecule has 1 aliphatic carbocycles. The number of anilines is 2. The molecule has 2 N–H and O–H groups in total. The molecule has 0 radical (unpaired) electrons. The third-order valence-electron chi connectivity index (χ3n) is 5.60. The van der Waals surface area contributed by atoms with E-state index in [1.165, 1.54) is 12.8 Å². The van der Waals surface area contributed by atoms with E-state index in [-0.39, 0.29) is 5.91 Å². The van der Waals surface area contributed by atoms with E-state index < -0.39 is 0 Å². The Bertz CT molecular complexity index is 1050. The Balaban J connectivity index is 1.57. The fourth-order valence-corrected chi connectivity index (χ4v) is 3.95. The van der Waals surface area contributed by atoms with Gasteiger partial charge >= 0.3 is 0 Å². The van der Waals surface area contributed by atoms with Crippen molar-refractivity contribution in [1.29, 1.82) is 0 Å². The lowest BCUT2D eigenvalue weighted by molar-refractivity contribution is -0.117. The first kappa shape index (κ1) is 19.9. The predicted molar refractivity (Wildman–Crippen MR) is 118 cm³/mol. The smallest absolute Gasteiger partial charge is 0.224 e. The Labute approximate surface area is 176 Å². The van der Waals surface area contributed by atoms with Gasteiger partial charge in [0.2, 0.25) is 5.91 Å². The van der Waals surface area contributed by atoms with E-state index in [0.717, 1.165) is 41.0 Å². The molecule has 1 saturated carbocycles. The maximum Gasteiger partial charge on any atom is 0.224 e. The van der Waals surface area contributed by atoms with Crippen molar-refractivity contribution in [2.24, 2.45) is 5.92 Å². The molecular weight excluding hydrogens is 376 g/mol. The Morgan fingerprint density at radius 2 is 1.93 bits per heavy atom. The summed E-state index contributed by atoms with van der Waals surface area (Å²) in [6.45, 7) is 1.93. The second kappa shape index (κ2) is 8.98. The highest BCUT2D eigenvalue weighted by molar-refractivity contribution is 5.91. The van der Waals surface area contributed by atoms with E-state index in [1.54, 1.807) is 18.6 Å². The van der Waals surface area contributed by atoms with Gasteiger partial charge in [0.15, 0.2) is 0 Å². The molecule has 1 aliphatic rings. The average molecular weight is 403 g/mol. The van der Waals surface area contributed by atoms with Crippen molar-refractivity contribution in [2.45, 2.75) is 39.0 Å². The molecule has 3 heterocycles. The molecule has 0 unspecified atom stereocenters. The Morgan fingerprint density at radius 3 is 2.73 bits per heavy atom. The molecule has 0 atom stereocenters. The monoisotopic (exact) mass is 402 g/mol. The fraction of sp³-hybridized carbons (Fsp3) is 0.348. The summed E-state index contributed by atoms with van der Waals surface area (Å²) in [4.78, 5) is 21.1. The molecule has 0 bridgehead atoms. The normalized spacial score (nSPS) is 13.9. The van der Waals surface area contributed by atoms with Gasteiger partial charge in [0.25, 0.3) is 0 Å². The Morgan fingerprint density at radius 1 is 1.10 bits per heavy atom. The molecule has 0 aromatic carbocycles.